The average molecular weight is 163 g/mol. The second kappa shape index (κ2) is 4.66. The first kappa shape index (κ1) is 10.8. The van der Waals surface area contributed by atoms with Gasteiger partial charge in [0.05, 0.1) is 19.8 Å². The molecule has 0 rings (SSSR count). The third-order valence-corrected chi connectivity index (χ3v) is 1.55. The lowest BCUT2D eigenvalue weighted by atomic mass is 10.0. The molecule has 0 saturated heterocycles. The molecule has 0 unspecified atom stereocenters. The summed E-state index contributed by atoms with van der Waals surface area (Å²) in [6.45, 7) is 3.97. The SMILES string of the molecule is CON(OC)C(C)(C)CCO. The molecule has 0 amide bonds. The van der Waals surface area contributed by atoms with Crippen LogP contribution in [-0.4, -0.2) is 36.7 Å². The summed E-state index contributed by atoms with van der Waals surface area (Å²) in [6, 6.07) is 0. The Morgan fingerprint density at radius 3 is 2.00 bits per heavy atom. The van der Waals surface area contributed by atoms with Gasteiger partial charge in [-0.25, -0.2) is 0 Å². The molecule has 0 bridgehead atoms. The molecule has 0 radical (unpaired) electrons. The van der Waals surface area contributed by atoms with Gasteiger partial charge in [0, 0.05) is 6.61 Å². The van der Waals surface area contributed by atoms with Crippen molar-refractivity contribution in [3.8, 4) is 0 Å². The van der Waals surface area contributed by atoms with Gasteiger partial charge < -0.3 is 5.11 Å². The zero-order valence-corrected chi connectivity index (χ0v) is 7.63. The van der Waals surface area contributed by atoms with Crippen LogP contribution >= 0.6 is 0 Å². The van der Waals surface area contributed by atoms with E-state index in [0.717, 1.165) is 0 Å². The summed E-state index contributed by atoms with van der Waals surface area (Å²) in [5, 5.41) is 10.1. The Balaban J connectivity index is 4.00. The number of hydroxylamine groups is 2. The van der Waals surface area contributed by atoms with Gasteiger partial charge in [-0.05, 0) is 20.3 Å². The molecule has 4 heteroatoms. The maximum Gasteiger partial charge on any atom is 0.0702 e. The van der Waals surface area contributed by atoms with E-state index in [0.29, 0.717) is 6.42 Å². The highest BCUT2D eigenvalue weighted by Crippen LogP contribution is 2.17. The van der Waals surface area contributed by atoms with Gasteiger partial charge in [0.1, 0.15) is 0 Å². The lowest BCUT2D eigenvalue weighted by Gasteiger charge is -2.33. The van der Waals surface area contributed by atoms with E-state index in [1.54, 1.807) is 0 Å². The summed E-state index contributed by atoms with van der Waals surface area (Å²) < 4.78 is 0. The van der Waals surface area contributed by atoms with E-state index < -0.39 is 0 Å². The summed E-state index contributed by atoms with van der Waals surface area (Å²) >= 11 is 0. The molecule has 0 spiro atoms. The molecule has 0 aliphatic rings. The van der Waals surface area contributed by atoms with Crippen LogP contribution in [0, 0.1) is 0 Å². The highest BCUT2D eigenvalue weighted by Gasteiger charge is 2.26. The van der Waals surface area contributed by atoms with Crippen molar-refractivity contribution in [3.63, 3.8) is 0 Å². The Labute approximate surface area is 67.6 Å². The quantitative estimate of drug-likeness (QED) is 0.602. The van der Waals surface area contributed by atoms with Gasteiger partial charge in [-0.2, -0.15) is 0 Å². The van der Waals surface area contributed by atoms with Gasteiger partial charge in [0.2, 0.25) is 0 Å². The van der Waals surface area contributed by atoms with E-state index in [9.17, 15) is 0 Å². The molecule has 0 aliphatic carbocycles. The summed E-state index contributed by atoms with van der Waals surface area (Å²) in [5.74, 6) is 0. The van der Waals surface area contributed by atoms with Crippen molar-refractivity contribution >= 4 is 0 Å². The molecule has 68 valence electrons. The largest absolute Gasteiger partial charge is 0.396 e. The smallest absolute Gasteiger partial charge is 0.0702 e. The van der Waals surface area contributed by atoms with Gasteiger partial charge in [-0.1, -0.05) is 5.23 Å². The number of hydrogen-bond acceptors (Lipinski definition) is 4. The van der Waals surface area contributed by atoms with Gasteiger partial charge in [-0.3, -0.25) is 9.68 Å². The Bertz CT molecular complexity index is 102. The van der Waals surface area contributed by atoms with Gasteiger partial charge in [0.25, 0.3) is 0 Å². The Morgan fingerprint density at radius 2 is 1.73 bits per heavy atom. The Morgan fingerprint density at radius 1 is 1.27 bits per heavy atom. The van der Waals surface area contributed by atoms with Crippen molar-refractivity contribution in [1.82, 2.24) is 5.23 Å². The lowest BCUT2D eigenvalue weighted by Crippen LogP contribution is -2.43. The summed E-state index contributed by atoms with van der Waals surface area (Å²) in [6.07, 6.45) is 0.606. The molecule has 0 aromatic rings. The van der Waals surface area contributed by atoms with Gasteiger partial charge in [0.15, 0.2) is 0 Å². The minimum atomic E-state index is -0.293. The third-order valence-electron chi connectivity index (χ3n) is 1.55. The molecule has 11 heavy (non-hydrogen) atoms. The first-order chi connectivity index (χ1) is 5.08. The van der Waals surface area contributed by atoms with E-state index >= 15 is 0 Å². The van der Waals surface area contributed by atoms with Crippen molar-refractivity contribution in [2.45, 2.75) is 25.8 Å². The van der Waals surface area contributed by atoms with Crippen LogP contribution in [-0.2, 0) is 9.68 Å². The number of rotatable bonds is 5. The number of hydrogen-bond donors (Lipinski definition) is 1. The van der Waals surface area contributed by atoms with Crippen molar-refractivity contribution in [1.29, 1.82) is 0 Å². The minimum Gasteiger partial charge on any atom is -0.396 e. The monoisotopic (exact) mass is 163 g/mol. The summed E-state index contributed by atoms with van der Waals surface area (Å²) in [7, 11) is 3.06. The van der Waals surface area contributed by atoms with E-state index in [2.05, 4.69) is 0 Å². The van der Waals surface area contributed by atoms with Crippen molar-refractivity contribution in [2.24, 2.45) is 0 Å². The van der Waals surface area contributed by atoms with Crippen molar-refractivity contribution in [2.75, 3.05) is 20.8 Å². The fourth-order valence-electron chi connectivity index (χ4n) is 0.934. The molecule has 0 saturated carbocycles. The highest BCUT2D eigenvalue weighted by atomic mass is 16.9. The molecule has 0 aromatic carbocycles. The Kier molecular flexibility index (Phi) is 4.60. The summed E-state index contributed by atoms with van der Waals surface area (Å²) in [4.78, 5) is 9.83. The molecule has 0 aromatic heterocycles. The number of aliphatic hydroxyl groups is 1. The van der Waals surface area contributed by atoms with E-state index in [-0.39, 0.29) is 12.1 Å². The molecule has 0 fully saturated rings. The number of nitrogens with zero attached hydrogens (tertiary/aromatic N) is 1. The van der Waals surface area contributed by atoms with Crippen LogP contribution in [0.2, 0.25) is 0 Å². The lowest BCUT2D eigenvalue weighted by molar-refractivity contribution is -0.387. The fourth-order valence-corrected chi connectivity index (χ4v) is 0.934. The molecule has 0 heterocycles. The van der Waals surface area contributed by atoms with Crippen molar-refractivity contribution in [3.05, 3.63) is 0 Å². The van der Waals surface area contributed by atoms with Crippen LogP contribution in [0.1, 0.15) is 20.3 Å². The van der Waals surface area contributed by atoms with Crippen LogP contribution in [0.15, 0.2) is 0 Å². The maximum atomic E-state index is 8.70. The zero-order valence-electron chi connectivity index (χ0n) is 7.63. The Hall–Kier alpha value is -0.160. The molecule has 0 aliphatic heterocycles. The van der Waals surface area contributed by atoms with Crippen LogP contribution in [0.5, 0.6) is 0 Å². The molecular formula is C7H17NO3. The predicted octanol–water partition coefficient (Wildman–Crippen LogP) is 0.572. The molecular weight excluding hydrogens is 146 g/mol. The van der Waals surface area contributed by atoms with Crippen LogP contribution < -0.4 is 0 Å². The second-order valence-electron chi connectivity index (χ2n) is 2.91. The average Bonchev–Trinajstić information content (AvgIpc) is 1.89. The zero-order chi connectivity index (χ0) is 8.91. The molecule has 4 nitrogen and oxygen atoms in total. The summed E-state index contributed by atoms with van der Waals surface area (Å²) in [5.41, 5.74) is -0.293. The van der Waals surface area contributed by atoms with Crippen LogP contribution in [0.3, 0.4) is 0 Å². The first-order valence-corrected chi connectivity index (χ1v) is 3.58. The van der Waals surface area contributed by atoms with E-state index in [4.69, 9.17) is 14.8 Å². The van der Waals surface area contributed by atoms with Gasteiger partial charge in [-0.15, -0.1) is 0 Å². The predicted molar refractivity (Wildman–Crippen MR) is 41.6 cm³/mol. The highest BCUT2D eigenvalue weighted by molar-refractivity contribution is 4.71. The normalized spacial score (nSPS) is 12.5. The van der Waals surface area contributed by atoms with E-state index in [1.165, 1.54) is 19.4 Å². The number of aliphatic hydroxyl groups excluding tert-OH is 1. The van der Waals surface area contributed by atoms with Gasteiger partial charge >= 0.3 is 0 Å². The van der Waals surface area contributed by atoms with Crippen LogP contribution in [0.4, 0.5) is 0 Å². The second-order valence-corrected chi connectivity index (χ2v) is 2.91. The minimum absolute atomic E-state index is 0.121. The fraction of sp³-hybridized carbons (Fsp3) is 1.00. The standard InChI is InChI=1S/C7H17NO3/c1-7(2,5-6-9)8(10-3)11-4/h9H,5-6H2,1-4H3. The molecule has 0 atom stereocenters. The van der Waals surface area contributed by atoms with Crippen molar-refractivity contribution < 1.29 is 14.8 Å². The van der Waals surface area contributed by atoms with E-state index in [1.807, 2.05) is 13.8 Å². The van der Waals surface area contributed by atoms with Crippen LogP contribution in [0.25, 0.3) is 0 Å². The maximum absolute atomic E-state index is 8.70. The topological polar surface area (TPSA) is 41.9 Å². The first-order valence-electron chi connectivity index (χ1n) is 3.58. The third kappa shape index (κ3) is 3.16. The molecule has 1 N–H and O–H groups in total.